The number of hydrogen-bond donors (Lipinski definition) is 1. The second-order valence-electron chi connectivity index (χ2n) is 2.62. The summed E-state index contributed by atoms with van der Waals surface area (Å²) in [6.07, 6.45) is 6.35. The van der Waals surface area contributed by atoms with Crippen molar-refractivity contribution in [2.75, 3.05) is 13.7 Å². The van der Waals surface area contributed by atoms with Crippen molar-refractivity contribution in [1.82, 2.24) is 0 Å². The minimum Gasteiger partial charge on any atom is -0.493 e. The Morgan fingerprint density at radius 3 is 3.00 bits per heavy atom. The highest BCUT2D eigenvalue weighted by atomic mass is 16.5. The van der Waals surface area contributed by atoms with Crippen LogP contribution in [0.4, 0.5) is 0 Å². The summed E-state index contributed by atoms with van der Waals surface area (Å²) in [6, 6.07) is 5.23. The van der Waals surface area contributed by atoms with Gasteiger partial charge in [0.05, 0.1) is 13.3 Å². The second kappa shape index (κ2) is 5.55. The molecule has 0 spiro atoms. The van der Waals surface area contributed by atoms with Gasteiger partial charge in [-0.3, -0.25) is 0 Å². The fourth-order valence-electron chi connectivity index (χ4n) is 1.13. The summed E-state index contributed by atoms with van der Waals surface area (Å²) < 4.78 is 10.4. The maximum atomic E-state index is 8.47. The molecule has 0 aliphatic rings. The number of methoxy groups -OCH3 is 1. The maximum Gasteiger partial charge on any atom is 0.171 e. The van der Waals surface area contributed by atoms with Gasteiger partial charge in [0.1, 0.15) is 6.61 Å². The Kier molecular flexibility index (Phi) is 4.05. The summed E-state index contributed by atoms with van der Waals surface area (Å²) in [5.41, 5.74) is 0.604. The fraction of sp³-hybridized carbons (Fsp3) is 0.182. The molecule has 0 bridgehead atoms. The highest BCUT2D eigenvalue weighted by Crippen LogP contribution is 2.29. The molecule has 0 amide bonds. The third kappa shape index (κ3) is 2.64. The Balaban J connectivity index is 3.09. The van der Waals surface area contributed by atoms with Crippen molar-refractivity contribution in [2.45, 2.75) is 0 Å². The molecule has 15 heavy (non-hydrogen) atoms. The Hall–Kier alpha value is -2.15. The van der Waals surface area contributed by atoms with Crippen LogP contribution in [-0.2, 0) is 0 Å². The lowest BCUT2D eigenvalue weighted by molar-refractivity contribution is 0.319. The Morgan fingerprint density at radius 2 is 2.40 bits per heavy atom. The lowest BCUT2D eigenvalue weighted by atomic mass is 10.2. The van der Waals surface area contributed by atoms with Crippen molar-refractivity contribution in [1.29, 1.82) is 0 Å². The Labute approximate surface area is 88.1 Å². The molecule has 0 saturated heterocycles. The minimum absolute atomic E-state index is 0.132. The zero-order valence-corrected chi connectivity index (χ0v) is 8.30. The van der Waals surface area contributed by atoms with E-state index in [-0.39, 0.29) is 6.61 Å². The molecule has 1 rings (SSSR count). The third-order valence-corrected chi connectivity index (χ3v) is 1.73. The van der Waals surface area contributed by atoms with Crippen LogP contribution >= 0.6 is 0 Å². The number of para-hydroxylation sites is 1. The molecular formula is C11H11NO3. The van der Waals surface area contributed by atoms with Gasteiger partial charge in [0.15, 0.2) is 11.5 Å². The van der Waals surface area contributed by atoms with Gasteiger partial charge in [0, 0.05) is 5.56 Å². The first-order chi connectivity index (χ1) is 7.33. The van der Waals surface area contributed by atoms with Crippen molar-refractivity contribution in [3.05, 3.63) is 23.8 Å². The van der Waals surface area contributed by atoms with E-state index in [1.165, 1.54) is 13.3 Å². The van der Waals surface area contributed by atoms with Gasteiger partial charge in [-0.1, -0.05) is 17.1 Å². The van der Waals surface area contributed by atoms with E-state index >= 15 is 0 Å². The average Bonchev–Trinajstić information content (AvgIpc) is 2.27. The van der Waals surface area contributed by atoms with Gasteiger partial charge in [0.25, 0.3) is 0 Å². The molecule has 0 radical (unpaired) electrons. The van der Waals surface area contributed by atoms with Gasteiger partial charge in [-0.2, -0.15) is 0 Å². The first kappa shape index (κ1) is 10.9. The van der Waals surface area contributed by atoms with Crippen molar-refractivity contribution in [2.24, 2.45) is 5.16 Å². The number of oxime groups is 1. The van der Waals surface area contributed by atoms with Gasteiger partial charge >= 0.3 is 0 Å². The van der Waals surface area contributed by atoms with Crippen LogP contribution in [0.3, 0.4) is 0 Å². The zero-order chi connectivity index (χ0) is 11.1. The molecule has 0 saturated carbocycles. The number of nitrogens with zero attached hydrogens (tertiary/aromatic N) is 1. The number of ether oxygens (including phenoxy) is 2. The molecule has 0 fully saturated rings. The summed E-state index contributed by atoms with van der Waals surface area (Å²) in [5, 5.41) is 11.4. The van der Waals surface area contributed by atoms with E-state index in [4.69, 9.17) is 21.1 Å². The highest BCUT2D eigenvalue weighted by Gasteiger charge is 2.08. The van der Waals surface area contributed by atoms with E-state index in [1.54, 1.807) is 18.2 Å². The van der Waals surface area contributed by atoms with Gasteiger partial charge in [-0.05, 0) is 12.1 Å². The molecule has 1 aromatic carbocycles. The van der Waals surface area contributed by atoms with Crippen molar-refractivity contribution in [3.8, 4) is 23.8 Å². The lowest BCUT2D eigenvalue weighted by Gasteiger charge is -2.10. The molecule has 0 heterocycles. The SMILES string of the molecule is C#CCOc1c(/C=N/O)cccc1OC. The predicted octanol–water partition coefficient (Wildman–Crippen LogP) is 1.52. The zero-order valence-electron chi connectivity index (χ0n) is 8.30. The molecule has 4 nitrogen and oxygen atoms in total. The van der Waals surface area contributed by atoms with Crippen LogP contribution in [0.25, 0.3) is 0 Å². The van der Waals surface area contributed by atoms with Crippen LogP contribution in [0.1, 0.15) is 5.56 Å². The maximum absolute atomic E-state index is 8.47. The predicted molar refractivity (Wildman–Crippen MR) is 56.7 cm³/mol. The molecule has 0 aromatic heterocycles. The monoisotopic (exact) mass is 205 g/mol. The lowest BCUT2D eigenvalue weighted by Crippen LogP contribution is -2.00. The second-order valence-corrected chi connectivity index (χ2v) is 2.62. The normalized spacial score (nSPS) is 9.87. The van der Waals surface area contributed by atoms with Gasteiger partial charge in [-0.15, -0.1) is 6.42 Å². The molecule has 0 atom stereocenters. The summed E-state index contributed by atoms with van der Waals surface area (Å²) >= 11 is 0. The first-order valence-corrected chi connectivity index (χ1v) is 4.24. The standard InChI is InChI=1S/C11H11NO3/c1-3-7-15-11-9(8-12-13)5-4-6-10(11)14-2/h1,4-6,8,13H,7H2,2H3/b12-8+. The third-order valence-electron chi connectivity index (χ3n) is 1.73. The topological polar surface area (TPSA) is 51.0 Å². The van der Waals surface area contributed by atoms with E-state index < -0.39 is 0 Å². The fourth-order valence-corrected chi connectivity index (χ4v) is 1.13. The van der Waals surface area contributed by atoms with Crippen LogP contribution < -0.4 is 9.47 Å². The van der Waals surface area contributed by atoms with Crippen LogP contribution in [0.2, 0.25) is 0 Å². The molecule has 4 heteroatoms. The van der Waals surface area contributed by atoms with E-state index in [1.807, 2.05) is 0 Å². The minimum atomic E-state index is 0.132. The number of rotatable bonds is 4. The van der Waals surface area contributed by atoms with Crippen LogP contribution in [0.15, 0.2) is 23.4 Å². The molecular weight excluding hydrogens is 194 g/mol. The number of benzene rings is 1. The van der Waals surface area contributed by atoms with Crippen LogP contribution in [-0.4, -0.2) is 25.1 Å². The van der Waals surface area contributed by atoms with Crippen molar-refractivity contribution >= 4 is 6.21 Å². The quantitative estimate of drug-likeness (QED) is 0.351. The number of terminal acetylenes is 1. The average molecular weight is 205 g/mol. The van der Waals surface area contributed by atoms with E-state index in [9.17, 15) is 0 Å². The molecule has 1 aromatic rings. The van der Waals surface area contributed by atoms with E-state index in [0.717, 1.165) is 0 Å². The molecule has 0 unspecified atom stereocenters. The Morgan fingerprint density at radius 1 is 1.60 bits per heavy atom. The summed E-state index contributed by atoms with van der Waals surface area (Å²) in [4.78, 5) is 0. The highest BCUT2D eigenvalue weighted by molar-refractivity contribution is 5.84. The molecule has 0 aliphatic carbocycles. The van der Waals surface area contributed by atoms with Crippen LogP contribution in [0, 0.1) is 12.3 Å². The first-order valence-electron chi connectivity index (χ1n) is 4.24. The van der Waals surface area contributed by atoms with Gasteiger partial charge in [0.2, 0.25) is 0 Å². The molecule has 78 valence electrons. The van der Waals surface area contributed by atoms with E-state index in [2.05, 4.69) is 11.1 Å². The van der Waals surface area contributed by atoms with Crippen molar-refractivity contribution in [3.63, 3.8) is 0 Å². The summed E-state index contributed by atoms with van der Waals surface area (Å²) in [6.45, 7) is 0.132. The largest absolute Gasteiger partial charge is 0.493 e. The number of hydrogen-bond acceptors (Lipinski definition) is 4. The molecule has 1 N–H and O–H groups in total. The van der Waals surface area contributed by atoms with E-state index in [0.29, 0.717) is 17.1 Å². The molecule has 0 aliphatic heterocycles. The van der Waals surface area contributed by atoms with Crippen LogP contribution in [0.5, 0.6) is 11.5 Å². The summed E-state index contributed by atoms with van der Waals surface area (Å²) in [5.74, 6) is 3.36. The summed E-state index contributed by atoms with van der Waals surface area (Å²) in [7, 11) is 1.53. The Bertz CT molecular complexity index is 393. The van der Waals surface area contributed by atoms with Crippen molar-refractivity contribution < 1.29 is 14.7 Å². The smallest absolute Gasteiger partial charge is 0.171 e. The van der Waals surface area contributed by atoms with Gasteiger partial charge in [-0.25, -0.2) is 0 Å². The van der Waals surface area contributed by atoms with Gasteiger partial charge < -0.3 is 14.7 Å².